The number of nitrogens with one attached hydrogen (secondary N) is 1. The molecule has 1 saturated heterocycles. The van der Waals surface area contributed by atoms with Crippen molar-refractivity contribution in [3.05, 3.63) is 34.9 Å². The highest BCUT2D eigenvalue weighted by Gasteiger charge is 2.42. The van der Waals surface area contributed by atoms with Crippen molar-refractivity contribution < 1.29 is 19.4 Å². The van der Waals surface area contributed by atoms with E-state index in [4.69, 9.17) is 4.74 Å². The Hall–Kier alpha value is -1.88. The average molecular weight is 289 g/mol. The van der Waals surface area contributed by atoms with Gasteiger partial charge in [-0.25, -0.2) is 4.79 Å². The number of hydrogen-bond acceptors (Lipinski definition) is 3. The van der Waals surface area contributed by atoms with Crippen LogP contribution in [0.3, 0.4) is 0 Å². The number of aliphatic carboxylic acids is 1. The summed E-state index contributed by atoms with van der Waals surface area (Å²) in [6.07, 6.45) is 3.56. The monoisotopic (exact) mass is 289 g/mol. The van der Waals surface area contributed by atoms with Crippen LogP contribution in [-0.2, 0) is 22.4 Å². The number of benzene rings is 1. The molecule has 21 heavy (non-hydrogen) atoms. The molecule has 1 aromatic rings. The Balaban J connectivity index is 1.85. The molecule has 0 radical (unpaired) electrons. The molecule has 2 aliphatic rings. The van der Waals surface area contributed by atoms with Crippen LogP contribution < -0.4 is 5.32 Å². The summed E-state index contributed by atoms with van der Waals surface area (Å²) in [7, 11) is 0. The van der Waals surface area contributed by atoms with Crippen LogP contribution in [0.15, 0.2) is 18.2 Å². The largest absolute Gasteiger partial charge is 0.480 e. The highest BCUT2D eigenvalue weighted by Crippen LogP contribution is 2.27. The van der Waals surface area contributed by atoms with E-state index < -0.39 is 11.5 Å². The van der Waals surface area contributed by atoms with Crippen LogP contribution in [0.25, 0.3) is 0 Å². The quantitative estimate of drug-likeness (QED) is 0.885. The van der Waals surface area contributed by atoms with Crippen molar-refractivity contribution >= 4 is 11.9 Å². The molecule has 0 atom stereocenters. The van der Waals surface area contributed by atoms with E-state index in [-0.39, 0.29) is 5.91 Å². The molecular weight excluding hydrogens is 270 g/mol. The number of fused-ring (bicyclic) bond motifs is 1. The van der Waals surface area contributed by atoms with Crippen molar-refractivity contribution in [2.75, 3.05) is 13.2 Å². The predicted octanol–water partition coefficient (Wildman–Crippen LogP) is 1.54. The van der Waals surface area contributed by atoms with Gasteiger partial charge in [0.2, 0.25) is 0 Å². The first-order valence-corrected chi connectivity index (χ1v) is 7.37. The Morgan fingerprint density at radius 1 is 1.19 bits per heavy atom. The van der Waals surface area contributed by atoms with Crippen molar-refractivity contribution in [1.82, 2.24) is 5.32 Å². The van der Waals surface area contributed by atoms with Gasteiger partial charge in [0.25, 0.3) is 5.91 Å². The summed E-state index contributed by atoms with van der Waals surface area (Å²) >= 11 is 0. The standard InChI is InChI=1S/C16H19NO4/c18-14(13-6-2-4-11-3-1-5-12(11)13)17-16(15(19)20)7-9-21-10-8-16/h2,4,6H,1,3,5,7-10H2,(H,17,18)(H,19,20). The van der Waals surface area contributed by atoms with E-state index in [1.165, 1.54) is 5.56 Å². The van der Waals surface area contributed by atoms with Gasteiger partial charge in [-0.3, -0.25) is 4.79 Å². The lowest BCUT2D eigenvalue weighted by Crippen LogP contribution is -2.57. The van der Waals surface area contributed by atoms with Gasteiger partial charge >= 0.3 is 5.97 Å². The topological polar surface area (TPSA) is 75.6 Å². The molecule has 0 spiro atoms. The lowest BCUT2D eigenvalue weighted by Gasteiger charge is -2.34. The van der Waals surface area contributed by atoms with Gasteiger partial charge in [0, 0.05) is 31.6 Å². The van der Waals surface area contributed by atoms with Crippen LogP contribution in [0, 0.1) is 0 Å². The van der Waals surface area contributed by atoms with Crippen LogP contribution in [0.5, 0.6) is 0 Å². The molecule has 1 heterocycles. The fourth-order valence-corrected chi connectivity index (χ4v) is 3.23. The molecule has 1 aliphatic carbocycles. The van der Waals surface area contributed by atoms with Crippen molar-refractivity contribution in [2.45, 2.75) is 37.6 Å². The zero-order valence-electron chi connectivity index (χ0n) is 11.9. The zero-order valence-corrected chi connectivity index (χ0v) is 11.9. The third-order valence-corrected chi connectivity index (χ3v) is 4.50. The van der Waals surface area contributed by atoms with Crippen molar-refractivity contribution in [1.29, 1.82) is 0 Å². The summed E-state index contributed by atoms with van der Waals surface area (Å²) in [6.45, 7) is 0.721. The number of carboxylic acids is 1. The van der Waals surface area contributed by atoms with Crippen LogP contribution in [0.4, 0.5) is 0 Å². The van der Waals surface area contributed by atoms with Gasteiger partial charge in [-0.15, -0.1) is 0 Å². The summed E-state index contributed by atoms with van der Waals surface area (Å²) in [5.41, 5.74) is 1.70. The zero-order chi connectivity index (χ0) is 14.9. The van der Waals surface area contributed by atoms with E-state index in [1.54, 1.807) is 6.07 Å². The summed E-state index contributed by atoms with van der Waals surface area (Å²) in [6, 6.07) is 5.70. The molecular formula is C16H19NO4. The van der Waals surface area contributed by atoms with Gasteiger partial charge in [0.15, 0.2) is 0 Å². The van der Waals surface area contributed by atoms with E-state index in [1.807, 2.05) is 12.1 Å². The maximum Gasteiger partial charge on any atom is 0.329 e. The number of carbonyl (C=O) groups excluding carboxylic acids is 1. The number of rotatable bonds is 3. The van der Waals surface area contributed by atoms with Gasteiger partial charge in [-0.05, 0) is 36.5 Å². The first-order valence-electron chi connectivity index (χ1n) is 7.37. The SMILES string of the molecule is O=C(NC1(C(=O)O)CCOCC1)c1cccc2c1CCC2. The smallest absolute Gasteiger partial charge is 0.329 e. The fourth-order valence-electron chi connectivity index (χ4n) is 3.23. The number of ether oxygens (including phenoxy) is 1. The normalized spacial score (nSPS) is 19.8. The molecule has 0 aromatic heterocycles. The second-order valence-corrected chi connectivity index (χ2v) is 5.75. The van der Waals surface area contributed by atoms with Crippen molar-refractivity contribution in [3.8, 4) is 0 Å². The van der Waals surface area contributed by atoms with Gasteiger partial charge in [0.1, 0.15) is 5.54 Å². The molecule has 112 valence electrons. The number of hydrogen-bond donors (Lipinski definition) is 2. The fraction of sp³-hybridized carbons (Fsp3) is 0.500. The minimum atomic E-state index is -1.20. The highest BCUT2D eigenvalue weighted by molar-refractivity contribution is 5.99. The summed E-state index contributed by atoms with van der Waals surface area (Å²) in [5.74, 6) is -1.26. The number of carboxylic acid groups (broad SMARTS) is 1. The molecule has 1 amide bonds. The van der Waals surface area contributed by atoms with Gasteiger partial charge in [-0.2, -0.15) is 0 Å². The first-order chi connectivity index (χ1) is 10.1. The molecule has 0 unspecified atom stereocenters. The maximum atomic E-state index is 12.6. The second-order valence-electron chi connectivity index (χ2n) is 5.75. The number of aryl methyl sites for hydroxylation is 1. The summed E-state index contributed by atoms with van der Waals surface area (Å²) in [5, 5.41) is 12.3. The van der Waals surface area contributed by atoms with Crippen LogP contribution in [-0.4, -0.2) is 35.7 Å². The minimum absolute atomic E-state index is 0.280. The number of carbonyl (C=O) groups is 2. The van der Waals surface area contributed by atoms with Gasteiger partial charge in [0.05, 0.1) is 0 Å². The van der Waals surface area contributed by atoms with Crippen molar-refractivity contribution in [3.63, 3.8) is 0 Å². The molecule has 0 saturated carbocycles. The van der Waals surface area contributed by atoms with E-state index in [2.05, 4.69) is 5.32 Å². The molecule has 5 nitrogen and oxygen atoms in total. The third kappa shape index (κ3) is 2.53. The van der Waals surface area contributed by atoms with E-state index in [0.29, 0.717) is 31.6 Å². The Morgan fingerprint density at radius 2 is 1.95 bits per heavy atom. The Bertz CT molecular complexity index is 576. The van der Waals surface area contributed by atoms with Crippen LogP contribution in [0.1, 0.15) is 40.7 Å². The first kappa shape index (κ1) is 14.1. The Kier molecular flexibility index (Phi) is 3.68. The molecule has 2 N–H and O–H groups in total. The molecule has 1 aromatic carbocycles. The number of amides is 1. The van der Waals surface area contributed by atoms with Gasteiger partial charge in [-0.1, -0.05) is 12.1 Å². The Morgan fingerprint density at radius 3 is 2.67 bits per heavy atom. The summed E-state index contributed by atoms with van der Waals surface area (Å²) in [4.78, 5) is 24.2. The Labute approximate surface area is 123 Å². The van der Waals surface area contributed by atoms with Crippen molar-refractivity contribution in [2.24, 2.45) is 0 Å². The van der Waals surface area contributed by atoms with E-state index in [0.717, 1.165) is 24.8 Å². The third-order valence-electron chi connectivity index (χ3n) is 4.50. The lowest BCUT2D eigenvalue weighted by molar-refractivity contribution is -0.148. The van der Waals surface area contributed by atoms with E-state index in [9.17, 15) is 14.7 Å². The predicted molar refractivity (Wildman–Crippen MR) is 76.4 cm³/mol. The molecule has 0 bridgehead atoms. The van der Waals surface area contributed by atoms with Crippen LogP contribution in [0.2, 0.25) is 0 Å². The van der Waals surface area contributed by atoms with Gasteiger partial charge < -0.3 is 15.2 Å². The maximum absolute atomic E-state index is 12.6. The minimum Gasteiger partial charge on any atom is -0.480 e. The molecule has 5 heteroatoms. The lowest BCUT2D eigenvalue weighted by atomic mass is 9.89. The molecule has 1 aliphatic heterocycles. The molecule has 3 rings (SSSR count). The highest BCUT2D eigenvalue weighted by atomic mass is 16.5. The molecule has 1 fully saturated rings. The van der Waals surface area contributed by atoms with Crippen LogP contribution >= 0.6 is 0 Å². The summed E-state index contributed by atoms with van der Waals surface area (Å²) < 4.78 is 5.22. The van der Waals surface area contributed by atoms with E-state index >= 15 is 0 Å². The second kappa shape index (κ2) is 5.48. The average Bonchev–Trinajstić information content (AvgIpc) is 2.96.